The van der Waals surface area contributed by atoms with Gasteiger partial charge in [0.25, 0.3) is 0 Å². The van der Waals surface area contributed by atoms with Gasteiger partial charge in [0.15, 0.2) is 0 Å². The summed E-state index contributed by atoms with van der Waals surface area (Å²) in [4.78, 5) is 14.2. The zero-order valence-corrected chi connectivity index (χ0v) is 16.4. The van der Waals surface area contributed by atoms with Crippen molar-refractivity contribution in [3.05, 3.63) is 70.5 Å². The normalized spacial score (nSPS) is 19.9. The zero-order valence-electron chi connectivity index (χ0n) is 15.6. The van der Waals surface area contributed by atoms with E-state index in [-0.39, 0.29) is 23.8 Å². The molecule has 5 heteroatoms. The SMILES string of the molecule is CC(=O)N1CCC[C@H](NCCc2cccc(F)c2)[C@@H]1Cc1cccc(Cl)c1. The van der Waals surface area contributed by atoms with Crippen LogP contribution in [0.5, 0.6) is 0 Å². The molecule has 2 aromatic rings. The van der Waals surface area contributed by atoms with Crippen LogP contribution in [0, 0.1) is 5.82 Å². The highest BCUT2D eigenvalue weighted by molar-refractivity contribution is 6.30. The van der Waals surface area contributed by atoms with Gasteiger partial charge in [0, 0.05) is 24.5 Å². The lowest BCUT2D eigenvalue weighted by atomic mass is 9.90. The fourth-order valence-electron chi connectivity index (χ4n) is 3.94. The zero-order chi connectivity index (χ0) is 19.2. The topological polar surface area (TPSA) is 32.3 Å². The summed E-state index contributed by atoms with van der Waals surface area (Å²) in [6.45, 7) is 3.19. The average molecular weight is 389 g/mol. The van der Waals surface area contributed by atoms with Gasteiger partial charge >= 0.3 is 0 Å². The summed E-state index contributed by atoms with van der Waals surface area (Å²) in [5.74, 6) is -0.0922. The number of amides is 1. The molecule has 1 aliphatic heterocycles. The van der Waals surface area contributed by atoms with E-state index in [1.54, 1.807) is 19.1 Å². The Bertz CT molecular complexity index is 782. The molecule has 0 unspecified atom stereocenters. The first-order chi connectivity index (χ1) is 13.0. The number of halogens is 2. The van der Waals surface area contributed by atoms with Crippen LogP contribution in [-0.4, -0.2) is 36.0 Å². The van der Waals surface area contributed by atoms with Crippen LogP contribution in [0.4, 0.5) is 4.39 Å². The fourth-order valence-corrected chi connectivity index (χ4v) is 4.15. The highest BCUT2D eigenvalue weighted by atomic mass is 35.5. The van der Waals surface area contributed by atoms with Gasteiger partial charge in [-0.1, -0.05) is 35.9 Å². The molecule has 0 radical (unpaired) electrons. The van der Waals surface area contributed by atoms with Crippen LogP contribution in [0.1, 0.15) is 30.9 Å². The van der Waals surface area contributed by atoms with E-state index in [2.05, 4.69) is 11.4 Å². The first-order valence-electron chi connectivity index (χ1n) is 9.52. The molecule has 1 saturated heterocycles. The Balaban J connectivity index is 1.67. The van der Waals surface area contributed by atoms with E-state index in [0.717, 1.165) is 49.9 Å². The third-order valence-corrected chi connectivity index (χ3v) is 5.46. The fraction of sp³-hybridized carbons (Fsp3) is 0.409. The molecule has 0 aliphatic carbocycles. The molecule has 0 bridgehead atoms. The van der Waals surface area contributed by atoms with Crippen LogP contribution in [0.25, 0.3) is 0 Å². The minimum Gasteiger partial charge on any atom is -0.338 e. The van der Waals surface area contributed by atoms with Gasteiger partial charge in [-0.05, 0) is 67.6 Å². The smallest absolute Gasteiger partial charge is 0.219 e. The molecule has 2 atom stereocenters. The van der Waals surface area contributed by atoms with Gasteiger partial charge in [0.1, 0.15) is 5.82 Å². The summed E-state index contributed by atoms with van der Waals surface area (Å²) < 4.78 is 13.4. The Hall–Kier alpha value is -1.91. The van der Waals surface area contributed by atoms with Gasteiger partial charge in [-0.3, -0.25) is 4.79 Å². The van der Waals surface area contributed by atoms with E-state index in [9.17, 15) is 9.18 Å². The number of hydrogen-bond donors (Lipinski definition) is 1. The number of nitrogens with zero attached hydrogens (tertiary/aromatic N) is 1. The molecule has 1 N–H and O–H groups in total. The molecule has 0 spiro atoms. The summed E-state index contributed by atoms with van der Waals surface area (Å²) in [5.41, 5.74) is 2.12. The maximum Gasteiger partial charge on any atom is 0.219 e. The second-order valence-corrected chi connectivity index (χ2v) is 7.63. The van der Waals surface area contributed by atoms with E-state index < -0.39 is 0 Å². The summed E-state index contributed by atoms with van der Waals surface area (Å²) >= 11 is 6.14. The van der Waals surface area contributed by atoms with Gasteiger partial charge in [-0.2, -0.15) is 0 Å². The van der Waals surface area contributed by atoms with Crippen molar-refractivity contribution >= 4 is 17.5 Å². The predicted molar refractivity (Wildman–Crippen MR) is 107 cm³/mol. The highest BCUT2D eigenvalue weighted by Gasteiger charge is 2.32. The van der Waals surface area contributed by atoms with Crippen molar-refractivity contribution < 1.29 is 9.18 Å². The number of carbonyl (C=O) groups excluding carboxylic acids is 1. The number of likely N-dealkylation sites (tertiary alicyclic amines) is 1. The predicted octanol–water partition coefficient (Wildman–Crippen LogP) is 4.23. The third kappa shape index (κ3) is 5.53. The lowest BCUT2D eigenvalue weighted by Crippen LogP contribution is -2.56. The van der Waals surface area contributed by atoms with E-state index in [0.29, 0.717) is 5.02 Å². The number of piperidine rings is 1. The third-order valence-electron chi connectivity index (χ3n) is 5.23. The van der Waals surface area contributed by atoms with E-state index >= 15 is 0 Å². The Labute approximate surface area is 165 Å². The second-order valence-electron chi connectivity index (χ2n) is 7.20. The molecule has 0 aromatic heterocycles. The molecule has 1 fully saturated rings. The van der Waals surface area contributed by atoms with Crippen LogP contribution in [0.3, 0.4) is 0 Å². The maximum atomic E-state index is 13.4. The highest BCUT2D eigenvalue weighted by Crippen LogP contribution is 2.23. The summed E-state index contributed by atoms with van der Waals surface area (Å²) in [6.07, 6.45) is 3.55. The number of hydrogen-bond acceptors (Lipinski definition) is 2. The molecule has 3 nitrogen and oxygen atoms in total. The van der Waals surface area contributed by atoms with Crippen LogP contribution in [0.15, 0.2) is 48.5 Å². The molecule has 1 amide bonds. The Kier molecular flexibility index (Phi) is 6.86. The first-order valence-corrected chi connectivity index (χ1v) is 9.90. The van der Waals surface area contributed by atoms with Crippen LogP contribution >= 0.6 is 11.6 Å². The van der Waals surface area contributed by atoms with E-state index in [1.807, 2.05) is 29.2 Å². The minimum absolute atomic E-state index is 0.0993. The van der Waals surface area contributed by atoms with Crippen molar-refractivity contribution in [2.24, 2.45) is 0 Å². The monoisotopic (exact) mass is 388 g/mol. The molecular formula is C22H26ClFN2O. The number of rotatable bonds is 6. The number of carbonyl (C=O) groups is 1. The number of nitrogens with one attached hydrogen (secondary N) is 1. The molecule has 3 rings (SSSR count). The Morgan fingerprint density at radius 2 is 2.00 bits per heavy atom. The first kappa shape index (κ1) is 19.8. The van der Waals surface area contributed by atoms with Gasteiger partial charge in [0.2, 0.25) is 5.91 Å². The summed E-state index contributed by atoms with van der Waals surface area (Å²) in [7, 11) is 0. The van der Waals surface area contributed by atoms with Crippen molar-refractivity contribution in [2.75, 3.05) is 13.1 Å². The van der Waals surface area contributed by atoms with Gasteiger partial charge in [-0.15, -0.1) is 0 Å². The molecule has 144 valence electrons. The standard InChI is InChI=1S/C22H26ClFN2O/c1-16(27)26-12-4-9-21(22(26)15-18-6-2-7-19(23)13-18)25-11-10-17-5-3-8-20(24)14-17/h2-3,5-8,13-14,21-22,25H,4,9-12,15H2,1H3/t21-,22-/m0/s1. The largest absolute Gasteiger partial charge is 0.338 e. The Morgan fingerprint density at radius 1 is 1.22 bits per heavy atom. The summed E-state index contributed by atoms with van der Waals surface area (Å²) in [6, 6.07) is 14.9. The summed E-state index contributed by atoms with van der Waals surface area (Å²) in [5, 5.41) is 4.33. The molecule has 27 heavy (non-hydrogen) atoms. The van der Waals surface area contributed by atoms with Crippen LogP contribution in [-0.2, 0) is 17.6 Å². The van der Waals surface area contributed by atoms with E-state index in [1.165, 1.54) is 6.07 Å². The lowest BCUT2D eigenvalue weighted by molar-refractivity contribution is -0.133. The molecule has 0 saturated carbocycles. The van der Waals surface area contributed by atoms with Crippen molar-refractivity contribution in [3.8, 4) is 0 Å². The van der Waals surface area contributed by atoms with Gasteiger partial charge in [-0.25, -0.2) is 4.39 Å². The van der Waals surface area contributed by atoms with Crippen LogP contribution in [0.2, 0.25) is 5.02 Å². The molecular weight excluding hydrogens is 363 g/mol. The van der Waals surface area contributed by atoms with Gasteiger partial charge in [0.05, 0.1) is 6.04 Å². The Morgan fingerprint density at radius 3 is 2.74 bits per heavy atom. The van der Waals surface area contributed by atoms with Crippen LogP contribution < -0.4 is 5.32 Å². The van der Waals surface area contributed by atoms with Crippen molar-refractivity contribution in [2.45, 2.75) is 44.7 Å². The van der Waals surface area contributed by atoms with E-state index in [4.69, 9.17) is 11.6 Å². The van der Waals surface area contributed by atoms with Gasteiger partial charge < -0.3 is 10.2 Å². The second kappa shape index (κ2) is 9.34. The van der Waals surface area contributed by atoms with Crippen molar-refractivity contribution in [1.82, 2.24) is 10.2 Å². The van der Waals surface area contributed by atoms with Crippen molar-refractivity contribution in [3.63, 3.8) is 0 Å². The molecule has 1 aliphatic rings. The molecule has 2 aromatic carbocycles. The maximum absolute atomic E-state index is 13.4. The lowest BCUT2D eigenvalue weighted by Gasteiger charge is -2.41. The minimum atomic E-state index is -0.202. The quantitative estimate of drug-likeness (QED) is 0.803. The van der Waals surface area contributed by atoms with Crippen molar-refractivity contribution in [1.29, 1.82) is 0 Å². The molecule has 1 heterocycles. The average Bonchev–Trinajstić information content (AvgIpc) is 2.63. The number of benzene rings is 2.